The molecule has 0 spiro atoms. The van der Waals surface area contributed by atoms with Crippen LogP contribution >= 0.6 is 0 Å². The Balaban J connectivity index is 0.000000179. The highest BCUT2D eigenvalue weighted by Gasteiger charge is 2.22. The predicted molar refractivity (Wildman–Crippen MR) is 130 cm³/mol. The van der Waals surface area contributed by atoms with Crippen molar-refractivity contribution in [3.63, 3.8) is 0 Å². The van der Waals surface area contributed by atoms with E-state index in [4.69, 9.17) is 11.5 Å². The van der Waals surface area contributed by atoms with E-state index in [1.807, 2.05) is 4.90 Å². The van der Waals surface area contributed by atoms with Gasteiger partial charge in [0.05, 0.1) is 11.2 Å². The molecule has 3 heterocycles. The van der Waals surface area contributed by atoms with Crippen LogP contribution in [0.4, 0.5) is 23.8 Å². The molecule has 0 atom stereocenters. The van der Waals surface area contributed by atoms with Crippen LogP contribution in [0.25, 0.3) is 22.2 Å². The summed E-state index contributed by atoms with van der Waals surface area (Å²) in [4.78, 5) is 20.3. The smallest absolute Gasteiger partial charge is 0.317 e. The summed E-state index contributed by atoms with van der Waals surface area (Å²) in [5.74, 6) is -2.42. The number of fused-ring (bicyclic) bond motifs is 1. The number of halogens is 3. The van der Waals surface area contributed by atoms with E-state index in [1.165, 1.54) is 63.3 Å². The fourth-order valence-electron chi connectivity index (χ4n) is 4.71. The third kappa shape index (κ3) is 5.70. The summed E-state index contributed by atoms with van der Waals surface area (Å²) in [5.41, 5.74) is 12.3. The van der Waals surface area contributed by atoms with Crippen LogP contribution < -0.4 is 16.8 Å². The van der Waals surface area contributed by atoms with Gasteiger partial charge in [-0.2, -0.15) is 0 Å². The lowest BCUT2D eigenvalue weighted by molar-refractivity contribution is 0.200. The van der Waals surface area contributed by atoms with Crippen LogP contribution in [0.1, 0.15) is 50.5 Å². The summed E-state index contributed by atoms with van der Waals surface area (Å²) in [6.07, 6.45) is 10.1. The molecule has 6 N–H and O–H groups in total. The van der Waals surface area contributed by atoms with Crippen molar-refractivity contribution in [1.82, 2.24) is 20.2 Å². The number of aromatic amines is 1. The standard InChI is InChI=1S/C14H11F3N4.C11H20N2O/c15-7-2-8-9(5-20-13(8)10(16)3-7)12-6(4-18)1-11(17)14(19)21-12;14-11(13-8-4-5-9-13)12-10-6-2-1-3-7-10/h1-3,5,20H,4,18H2,(H2,19,21);10H,1-9H2,(H,12,14). The van der Waals surface area contributed by atoms with Gasteiger partial charge in [-0.15, -0.1) is 0 Å². The highest BCUT2D eigenvalue weighted by Crippen LogP contribution is 2.32. The predicted octanol–water partition coefficient (Wildman–Crippen LogP) is 4.81. The third-order valence-corrected chi connectivity index (χ3v) is 6.59. The number of carbonyl (C=O) groups is 1. The molecule has 2 aliphatic rings. The number of carbonyl (C=O) groups excluding carboxylic acids is 1. The van der Waals surface area contributed by atoms with Crippen molar-refractivity contribution in [3.05, 3.63) is 47.4 Å². The van der Waals surface area contributed by atoms with Gasteiger partial charge in [0.15, 0.2) is 11.6 Å². The van der Waals surface area contributed by atoms with Crippen LogP contribution in [0.3, 0.4) is 0 Å². The van der Waals surface area contributed by atoms with Crippen LogP contribution in [-0.4, -0.2) is 40.0 Å². The zero-order valence-electron chi connectivity index (χ0n) is 19.5. The van der Waals surface area contributed by atoms with E-state index in [2.05, 4.69) is 15.3 Å². The minimum atomic E-state index is -0.722. The number of nitrogen functional groups attached to an aromatic ring is 1. The molecular weight excluding hydrogens is 457 g/mol. The Morgan fingerprint density at radius 3 is 2.46 bits per heavy atom. The lowest BCUT2D eigenvalue weighted by Crippen LogP contribution is -2.44. The first-order chi connectivity index (χ1) is 16.9. The molecule has 3 aromatic rings. The number of likely N-dealkylation sites (tertiary alicyclic amines) is 1. The number of nitrogens with one attached hydrogen (secondary N) is 2. The maximum Gasteiger partial charge on any atom is 0.317 e. The number of H-pyrrole nitrogens is 1. The molecule has 0 radical (unpaired) electrons. The molecule has 1 aliphatic carbocycles. The second-order valence-electron chi connectivity index (χ2n) is 9.06. The largest absolute Gasteiger partial charge is 0.381 e. The zero-order valence-corrected chi connectivity index (χ0v) is 19.5. The Labute approximate surface area is 202 Å². The van der Waals surface area contributed by atoms with Gasteiger partial charge < -0.3 is 26.7 Å². The number of nitrogens with two attached hydrogens (primary N) is 2. The van der Waals surface area contributed by atoms with Crippen molar-refractivity contribution in [2.45, 2.75) is 57.5 Å². The Morgan fingerprint density at radius 2 is 1.77 bits per heavy atom. The number of aromatic nitrogens is 2. The van der Waals surface area contributed by atoms with Crippen molar-refractivity contribution in [2.75, 3.05) is 18.8 Å². The van der Waals surface area contributed by atoms with Crippen molar-refractivity contribution in [2.24, 2.45) is 5.73 Å². The number of amides is 2. The molecule has 0 unspecified atom stereocenters. The van der Waals surface area contributed by atoms with Gasteiger partial charge in [0, 0.05) is 48.9 Å². The molecule has 35 heavy (non-hydrogen) atoms. The summed E-state index contributed by atoms with van der Waals surface area (Å²) in [5, 5.41) is 3.44. The molecule has 10 heteroatoms. The first-order valence-electron chi connectivity index (χ1n) is 12.0. The SMILES string of the molecule is NCc1cc(F)c(N)nc1-c1c[nH]c2c(F)cc(F)cc12.O=C(NC1CCCCC1)N1CCCC1. The minimum Gasteiger partial charge on any atom is -0.381 e. The normalized spacial score (nSPS) is 16.3. The summed E-state index contributed by atoms with van der Waals surface area (Å²) in [6.45, 7) is 1.93. The number of anilines is 1. The Kier molecular flexibility index (Phi) is 7.80. The number of urea groups is 1. The highest BCUT2D eigenvalue weighted by atomic mass is 19.1. The summed E-state index contributed by atoms with van der Waals surface area (Å²) in [7, 11) is 0. The second-order valence-corrected chi connectivity index (χ2v) is 9.06. The van der Waals surface area contributed by atoms with Crippen molar-refractivity contribution < 1.29 is 18.0 Å². The van der Waals surface area contributed by atoms with Gasteiger partial charge in [-0.1, -0.05) is 19.3 Å². The maximum absolute atomic E-state index is 13.7. The average molecular weight is 489 g/mol. The van der Waals surface area contributed by atoms with E-state index in [0.717, 1.165) is 19.2 Å². The minimum absolute atomic E-state index is 0.0179. The fraction of sp³-hybridized carbons (Fsp3) is 0.440. The Morgan fingerprint density at radius 1 is 1.06 bits per heavy atom. The van der Waals surface area contributed by atoms with Gasteiger partial charge in [0.1, 0.15) is 11.6 Å². The molecule has 1 saturated heterocycles. The molecule has 0 bridgehead atoms. The van der Waals surface area contributed by atoms with Crippen LogP contribution in [-0.2, 0) is 6.54 Å². The summed E-state index contributed by atoms with van der Waals surface area (Å²) >= 11 is 0. The van der Waals surface area contributed by atoms with Crippen molar-refractivity contribution >= 4 is 22.8 Å². The molecule has 5 rings (SSSR count). The number of pyridine rings is 1. The maximum atomic E-state index is 13.7. The van der Waals surface area contributed by atoms with Gasteiger partial charge in [-0.3, -0.25) is 0 Å². The molecule has 2 fully saturated rings. The Bertz CT molecular complexity index is 1190. The van der Waals surface area contributed by atoms with E-state index in [-0.39, 0.29) is 23.9 Å². The lowest BCUT2D eigenvalue weighted by atomic mass is 9.96. The number of hydrogen-bond acceptors (Lipinski definition) is 4. The van der Waals surface area contributed by atoms with Gasteiger partial charge in [-0.25, -0.2) is 22.9 Å². The fourth-order valence-corrected chi connectivity index (χ4v) is 4.71. The number of nitrogens with zero attached hydrogens (tertiary/aromatic N) is 2. The quantitative estimate of drug-likeness (QED) is 0.424. The molecule has 2 aromatic heterocycles. The molecule has 188 valence electrons. The second kappa shape index (κ2) is 11.0. The van der Waals surface area contributed by atoms with Gasteiger partial charge in [0.2, 0.25) is 0 Å². The van der Waals surface area contributed by atoms with Crippen molar-refractivity contribution in [1.29, 1.82) is 0 Å². The van der Waals surface area contributed by atoms with Crippen molar-refractivity contribution in [3.8, 4) is 11.3 Å². The molecule has 1 aliphatic heterocycles. The first-order valence-corrected chi connectivity index (χ1v) is 12.0. The first kappa shape index (κ1) is 24.8. The Hall–Kier alpha value is -3.27. The molecule has 7 nitrogen and oxygen atoms in total. The van der Waals surface area contributed by atoms with Gasteiger partial charge >= 0.3 is 6.03 Å². The number of rotatable bonds is 3. The highest BCUT2D eigenvalue weighted by molar-refractivity contribution is 5.95. The van der Waals surface area contributed by atoms with E-state index in [0.29, 0.717) is 28.2 Å². The zero-order chi connectivity index (χ0) is 24.9. The van der Waals surface area contributed by atoms with Crippen LogP contribution in [0.2, 0.25) is 0 Å². The average Bonchev–Trinajstić information content (AvgIpc) is 3.52. The number of benzene rings is 1. The summed E-state index contributed by atoms with van der Waals surface area (Å²) < 4.78 is 40.6. The molecule has 2 amide bonds. The van der Waals surface area contributed by atoms with Gasteiger partial charge in [0.25, 0.3) is 0 Å². The van der Waals surface area contributed by atoms with E-state index in [9.17, 15) is 18.0 Å². The van der Waals surface area contributed by atoms with E-state index in [1.54, 1.807) is 0 Å². The molecular formula is C25H31F3N6O. The van der Waals surface area contributed by atoms with E-state index < -0.39 is 17.5 Å². The monoisotopic (exact) mass is 488 g/mol. The molecule has 1 saturated carbocycles. The molecule has 1 aromatic carbocycles. The lowest BCUT2D eigenvalue weighted by Gasteiger charge is -2.25. The number of hydrogen-bond donors (Lipinski definition) is 4. The topological polar surface area (TPSA) is 113 Å². The third-order valence-electron chi connectivity index (χ3n) is 6.59. The van der Waals surface area contributed by atoms with Crippen LogP contribution in [0.5, 0.6) is 0 Å². The van der Waals surface area contributed by atoms with Gasteiger partial charge in [-0.05, 0) is 43.4 Å². The van der Waals surface area contributed by atoms with E-state index >= 15 is 0 Å². The van der Waals surface area contributed by atoms with Crippen LogP contribution in [0, 0.1) is 17.5 Å². The van der Waals surface area contributed by atoms with Crippen LogP contribution in [0.15, 0.2) is 24.4 Å². The summed E-state index contributed by atoms with van der Waals surface area (Å²) in [6, 6.07) is 3.75.